The summed E-state index contributed by atoms with van der Waals surface area (Å²) in [6, 6.07) is 11.4. The van der Waals surface area contributed by atoms with Gasteiger partial charge in [0.2, 0.25) is 5.79 Å². The van der Waals surface area contributed by atoms with E-state index in [0.29, 0.717) is 56.9 Å². The van der Waals surface area contributed by atoms with Crippen molar-refractivity contribution in [2.75, 3.05) is 40.1 Å². The molecule has 6 unspecified atom stereocenters. The summed E-state index contributed by atoms with van der Waals surface area (Å²) in [5.41, 5.74) is 4.55. The molecule has 11 heteroatoms. The van der Waals surface area contributed by atoms with Crippen LogP contribution in [0, 0.1) is 24.7 Å². The summed E-state index contributed by atoms with van der Waals surface area (Å²) in [5.74, 6) is -0.213. The first kappa shape index (κ1) is 49.1. The maximum Gasteiger partial charge on any atom is 0.410 e. The smallest absolute Gasteiger partial charge is 0.410 e. The number of ether oxygens (including phenoxy) is 4. The lowest BCUT2D eigenvalue weighted by Gasteiger charge is -2.59. The Balaban J connectivity index is 1.53. The summed E-state index contributed by atoms with van der Waals surface area (Å²) < 4.78 is 27.0. The van der Waals surface area contributed by atoms with Crippen molar-refractivity contribution in [3.8, 4) is 11.5 Å². The van der Waals surface area contributed by atoms with E-state index in [2.05, 4.69) is 37.6 Å². The molecule has 1 fully saturated rings. The van der Waals surface area contributed by atoms with Crippen LogP contribution in [0.4, 0.5) is 4.79 Å². The number of fused-ring (bicyclic) bond motifs is 2. The summed E-state index contributed by atoms with van der Waals surface area (Å²) in [7, 11) is 1.57. The molecule has 2 aromatic rings. The molecule has 0 saturated heterocycles. The number of aromatic nitrogens is 1. The fraction of sp³-hybridized carbons (Fsp3) is 0.667. The number of carbonyl (C=O) groups excluding carboxylic acids is 1. The molecule has 344 valence electrons. The number of rotatable bonds is 29. The summed E-state index contributed by atoms with van der Waals surface area (Å²) in [6.07, 6.45) is 21.6. The Labute approximate surface area is 372 Å². The zero-order valence-corrected chi connectivity index (χ0v) is 38.4. The molecule has 1 saturated carbocycles. The predicted molar refractivity (Wildman–Crippen MR) is 245 cm³/mol. The van der Waals surface area contributed by atoms with Gasteiger partial charge in [-0.1, -0.05) is 108 Å². The molecule has 3 aliphatic rings. The number of carbonyl (C=O) groups is 1. The molecule has 1 aromatic carbocycles. The second kappa shape index (κ2) is 26.0. The van der Waals surface area contributed by atoms with Gasteiger partial charge in [-0.15, -0.1) is 6.58 Å². The van der Waals surface area contributed by atoms with E-state index in [1.165, 1.54) is 44.9 Å². The zero-order chi connectivity index (χ0) is 44.2. The molecule has 1 aromatic heterocycles. The van der Waals surface area contributed by atoms with Gasteiger partial charge in [0.05, 0.1) is 30.5 Å². The van der Waals surface area contributed by atoms with Crippen LogP contribution in [0.25, 0.3) is 0 Å². The fourth-order valence-electron chi connectivity index (χ4n) is 10.1. The first-order valence-corrected chi connectivity index (χ1v) is 24.0. The molecule has 1 aliphatic heterocycles. The Bertz CT molecular complexity index is 1730. The highest BCUT2D eigenvalue weighted by Crippen LogP contribution is 2.62. The highest BCUT2D eigenvalue weighted by Gasteiger charge is 2.65. The number of aliphatic hydroxyl groups excluding tert-OH is 2. The zero-order valence-electron chi connectivity index (χ0n) is 38.4. The van der Waals surface area contributed by atoms with Crippen LogP contribution in [0.2, 0.25) is 0 Å². The second-order valence-corrected chi connectivity index (χ2v) is 17.5. The van der Waals surface area contributed by atoms with Gasteiger partial charge in [0, 0.05) is 43.4 Å². The molecule has 11 nitrogen and oxygen atoms in total. The van der Waals surface area contributed by atoms with Crippen LogP contribution in [0.5, 0.6) is 11.5 Å². The van der Waals surface area contributed by atoms with E-state index in [4.69, 9.17) is 28.9 Å². The molecule has 0 spiro atoms. The summed E-state index contributed by atoms with van der Waals surface area (Å²) in [4.78, 5) is 26.5. The van der Waals surface area contributed by atoms with E-state index in [-0.39, 0.29) is 43.7 Å². The molecule has 62 heavy (non-hydrogen) atoms. The van der Waals surface area contributed by atoms with Crippen LogP contribution in [0.15, 0.2) is 65.9 Å². The van der Waals surface area contributed by atoms with Crippen LogP contribution in [0.1, 0.15) is 152 Å². The van der Waals surface area contributed by atoms with Gasteiger partial charge in [-0.3, -0.25) is 9.88 Å². The number of aryl methyl sites for hydroxylation is 1. The van der Waals surface area contributed by atoms with Gasteiger partial charge in [0.25, 0.3) is 0 Å². The Kier molecular flexibility index (Phi) is 20.6. The van der Waals surface area contributed by atoms with Gasteiger partial charge < -0.3 is 34.0 Å². The number of aliphatic hydroxyl groups is 2. The lowest BCUT2D eigenvalue weighted by atomic mass is 9.55. The van der Waals surface area contributed by atoms with Gasteiger partial charge in [-0.05, 0) is 93.2 Å². The largest absolute Gasteiger partial charge is 0.487 e. The van der Waals surface area contributed by atoms with Gasteiger partial charge in [0.15, 0.2) is 0 Å². The molecular formula is C51H77N3O8. The lowest BCUT2D eigenvalue weighted by Crippen LogP contribution is -2.70. The molecule has 0 radical (unpaired) electrons. The number of benzene rings is 1. The van der Waals surface area contributed by atoms with Crippen molar-refractivity contribution in [2.24, 2.45) is 22.9 Å². The Morgan fingerprint density at radius 1 is 0.952 bits per heavy atom. The minimum absolute atomic E-state index is 0.113. The minimum Gasteiger partial charge on any atom is -0.487 e. The number of oxime groups is 1. The third-order valence-corrected chi connectivity index (χ3v) is 13.0. The van der Waals surface area contributed by atoms with Crippen molar-refractivity contribution in [1.29, 1.82) is 0 Å². The van der Waals surface area contributed by atoms with E-state index >= 15 is 0 Å². The maximum absolute atomic E-state index is 14.5. The van der Waals surface area contributed by atoms with E-state index in [9.17, 15) is 15.0 Å². The first-order chi connectivity index (χ1) is 30.3. The van der Waals surface area contributed by atoms with Crippen molar-refractivity contribution in [3.05, 3.63) is 77.7 Å². The van der Waals surface area contributed by atoms with Gasteiger partial charge in [-0.2, -0.15) is 0 Å². The SMILES string of the molecule is C=CCOC12Oc3ccc(OCc4cccc(C)n4)cc3C3C(CCCCO)C(CCCCO)C=C(C(=NOC)CC1N(CCC)C(=O)OCCCCCCCCCCCC)C32. The van der Waals surface area contributed by atoms with Crippen molar-refractivity contribution in [2.45, 2.75) is 161 Å². The van der Waals surface area contributed by atoms with Crippen LogP contribution in [-0.2, 0) is 20.9 Å². The lowest BCUT2D eigenvalue weighted by molar-refractivity contribution is -0.255. The normalized spacial score (nSPS) is 23.2. The average Bonchev–Trinajstić information content (AvgIpc) is 3.27. The highest BCUT2D eigenvalue weighted by atomic mass is 16.7. The minimum atomic E-state index is -1.32. The van der Waals surface area contributed by atoms with Crippen molar-refractivity contribution < 1.29 is 38.8 Å². The predicted octanol–water partition coefficient (Wildman–Crippen LogP) is 11.0. The van der Waals surface area contributed by atoms with Crippen LogP contribution < -0.4 is 9.47 Å². The van der Waals surface area contributed by atoms with Gasteiger partial charge in [0.1, 0.15) is 31.3 Å². The number of amides is 1. The third-order valence-electron chi connectivity index (χ3n) is 13.0. The number of allylic oxidation sites excluding steroid dienone is 1. The molecule has 2 aliphatic carbocycles. The topological polar surface area (TPSA) is 132 Å². The van der Waals surface area contributed by atoms with E-state index in [0.717, 1.165) is 73.2 Å². The highest BCUT2D eigenvalue weighted by molar-refractivity contribution is 6.02. The number of pyridine rings is 1. The van der Waals surface area contributed by atoms with Crippen molar-refractivity contribution in [1.82, 2.24) is 9.88 Å². The Hall–Kier alpha value is -3.93. The molecule has 6 atom stereocenters. The standard InChI is InChI=1S/C51H77N3O8/c1-6-9-10-11-12-13-14-15-16-21-33-59-50(57)54(29-7-2)47-36-45(53-58-5)43-34-39(24-17-19-30-55)42(26-18-20-31-56)48-44-35-41(60-37-40-25-22-23-38(4)52-40)27-28-46(44)62-51(47,49(43)48)61-32-8-3/h8,22-23,25,27-28,34-35,39,42,47-49,55-56H,3,6-7,9-21,24,26,29-33,36-37H2,1-2,4-5H3. The summed E-state index contributed by atoms with van der Waals surface area (Å²) in [5, 5.41) is 24.5. The molecule has 2 N–H and O–H groups in total. The number of hydrogen-bond donors (Lipinski definition) is 2. The molecule has 5 rings (SSSR count). The van der Waals surface area contributed by atoms with Crippen molar-refractivity contribution >= 4 is 11.8 Å². The molecule has 0 bridgehead atoms. The van der Waals surface area contributed by atoms with Gasteiger partial charge in [-0.25, -0.2) is 4.79 Å². The van der Waals surface area contributed by atoms with E-state index in [1.54, 1.807) is 13.2 Å². The van der Waals surface area contributed by atoms with E-state index < -0.39 is 17.7 Å². The quantitative estimate of drug-likeness (QED) is 0.0466. The average molecular weight is 860 g/mol. The first-order valence-electron chi connectivity index (χ1n) is 24.0. The maximum atomic E-state index is 14.5. The summed E-state index contributed by atoms with van der Waals surface area (Å²) >= 11 is 0. The summed E-state index contributed by atoms with van der Waals surface area (Å²) in [6.45, 7) is 11.9. The number of unbranched alkanes of at least 4 members (excludes halogenated alkanes) is 11. The Morgan fingerprint density at radius 3 is 2.35 bits per heavy atom. The third kappa shape index (κ3) is 12.8. The fourth-order valence-corrected chi connectivity index (χ4v) is 10.1. The monoisotopic (exact) mass is 860 g/mol. The van der Waals surface area contributed by atoms with E-state index in [1.807, 2.05) is 42.2 Å². The molecular weight excluding hydrogens is 783 g/mol. The van der Waals surface area contributed by atoms with Crippen molar-refractivity contribution in [3.63, 3.8) is 0 Å². The van der Waals surface area contributed by atoms with Gasteiger partial charge >= 0.3 is 6.09 Å². The van der Waals surface area contributed by atoms with Crippen LogP contribution in [-0.4, -0.2) is 83.8 Å². The van der Waals surface area contributed by atoms with Crippen LogP contribution in [0.3, 0.4) is 0 Å². The number of hydrogen-bond acceptors (Lipinski definition) is 10. The molecule has 1 amide bonds. The number of nitrogens with zero attached hydrogens (tertiary/aromatic N) is 3. The Morgan fingerprint density at radius 2 is 1.68 bits per heavy atom. The molecule has 2 heterocycles. The van der Waals surface area contributed by atoms with Crippen LogP contribution >= 0.6 is 0 Å². The second-order valence-electron chi connectivity index (χ2n) is 17.5.